The quantitative estimate of drug-likeness (QED) is 0.312. The number of benzene rings is 1. The molecule has 2 heterocycles. The highest BCUT2D eigenvalue weighted by Crippen LogP contribution is 2.53. The smallest absolute Gasteiger partial charge is 0.268 e. The first kappa shape index (κ1) is 34.2. The third kappa shape index (κ3) is 10.1. The van der Waals surface area contributed by atoms with E-state index < -0.39 is 28.2 Å². The average Bonchev–Trinajstić information content (AvgIpc) is 3.50. The highest BCUT2D eigenvalue weighted by atomic mass is 32.3. The van der Waals surface area contributed by atoms with Crippen molar-refractivity contribution >= 4 is 44.7 Å². The Kier molecular flexibility index (Phi) is 12.3. The van der Waals surface area contributed by atoms with E-state index in [4.69, 9.17) is 8.92 Å². The van der Waals surface area contributed by atoms with Crippen molar-refractivity contribution in [1.29, 1.82) is 0 Å². The lowest BCUT2D eigenvalue weighted by Crippen LogP contribution is -2.48. The van der Waals surface area contributed by atoms with Crippen molar-refractivity contribution < 1.29 is 28.1 Å². The maximum atomic E-state index is 13.1. The number of rotatable bonds is 11. The molecule has 41 heavy (non-hydrogen) atoms. The summed E-state index contributed by atoms with van der Waals surface area (Å²) in [4.78, 5) is 53.6. The first-order valence-electron chi connectivity index (χ1n) is 14.0. The Morgan fingerprint density at radius 2 is 1.80 bits per heavy atom. The second kappa shape index (κ2) is 14.7. The Labute approximate surface area is 245 Å². The fourth-order valence-electron chi connectivity index (χ4n) is 3.84. The Morgan fingerprint density at radius 1 is 1.15 bits per heavy atom. The predicted molar refractivity (Wildman–Crippen MR) is 166 cm³/mol. The zero-order valence-electron chi connectivity index (χ0n) is 25.9. The van der Waals surface area contributed by atoms with E-state index in [9.17, 15) is 19.2 Å². The van der Waals surface area contributed by atoms with Crippen molar-refractivity contribution in [1.82, 2.24) is 20.9 Å². The molecule has 230 valence electrons. The van der Waals surface area contributed by atoms with Crippen LogP contribution in [0.5, 0.6) is 5.75 Å². The maximum Gasteiger partial charge on any atom is 0.268 e. The van der Waals surface area contributed by atoms with Crippen LogP contribution in [0.2, 0.25) is 0 Å². The molecule has 0 spiro atoms. The molecule has 2 unspecified atom stereocenters. The summed E-state index contributed by atoms with van der Waals surface area (Å²) in [6.07, 6.45) is 4.76. The minimum atomic E-state index is -1.54. The minimum Gasteiger partial charge on any atom is -0.496 e. The van der Waals surface area contributed by atoms with Gasteiger partial charge >= 0.3 is 0 Å². The normalized spacial score (nSPS) is 16.4. The zero-order valence-corrected chi connectivity index (χ0v) is 26.8. The van der Waals surface area contributed by atoms with Gasteiger partial charge in [0.1, 0.15) is 18.1 Å². The van der Waals surface area contributed by atoms with Crippen LogP contribution >= 0.6 is 10.3 Å². The number of Topliss-reactive ketones (excluding diaryl/α,β-unsaturated/α-hetero) is 1. The zero-order chi connectivity index (χ0) is 31.0. The Balaban J connectivity index is 0.00000138. The first-order chi connectivity index (χ1) is 19.1. The van der Waals surface area contributed by atoms with Gasteiger partial charge in [-0.05, 0) is 49.5 Å². The van der Waals surface area contributed by atoms with E-state index >= 15 is 0 Å². The van der Waals surface area contributed by atoms with Crippen molar-refractivity contribution in [2.24, 2.45) is 11.8 Å². The molecule has 1 aliphatic rings. The van der Waals surface area contributed by atoms with E-state index in [0.717, 1.165) is 16.8 Å². The number of aromatic amines is 1. The van der Waals surface area contributed by atoms with Crippen LogP contribution in [0.25, 0.3) is 10.9 Å². The van der Waals surface area contributed by atoms with Gasteiger partial charge in [-0.25, -0.2) is 0 Å². The van der Waals surface area contributed by atoms with E-state index in [1.54, 1.807) is 19.2 Å². The molecule has 10 nitrogen and oxygen atoms in total. The fourth-order valence-corrected chi connectivity index (χ4v) is 4.60. The number of H-pyrrole nitrogens is 1. The van der Waals surface area contributed by atoms with Crippen molar-refractivity contribution in [3.05, 3.63) is 30.0 Å². The number of hydrogen-bond donors (Lipinski definition) is 4. The van der Waals surface area contributed by atoms with E-state index in [2.05, 4.69) is 62.5 Å². The highest BCUT2D eigenvalue weighted by Gasteiger charge is 2.34. The highest BCUT2D eigenvalue weighted by molar-refractivity contribution is 8.29. The molecule has 2 aromatic rings. The van der Waals surface area contributed by atoms with Crippen LogP contribution in [0.4, 0.5) is 0 Å². The molecule has 1 saturated heterocycles. The number of fused-ring (bicyclic) bond motifs is 1. The van der Waals surface area contributed by atoms with Gasteiger partial charge in [0, 0.05) is 28.1 Å². The lowest BCUT2D eigenvalue weighted by Gasteiger charge is -2.43. The number of carbonyl (C=O) groups is 4. The lowest BCUT2D eigenvalue weighted by atomic mass is 9.96. The van der Waals surface area contributed by atoms with Gasteiger partial charge in [-0.3, -0.25) is 19.2 Å². The second-order valence-electron chi connectivity index (χ2n) is 12.2. The number of aromatic nitrogens is 1. The Morgan fingerprint density at radius 3 is 2.37 bits per heavy atom. The number of hydrogen-bond acceptors (Lipinski definition) is 6. The van der Waals surface area contributed by atoms with Crippen molar-refractivity contribution in [2.45, 2.75) is 65.2 Å². The Hall–Kier alpha value is -3.05. The topological polar surface area (TPSA) is 139 Å². The summed E-state index contributed by atoms with van der Waals surface area (Å²) in [5.74, 6) is -0.329. The molecule has 1 aromatic carbocycles. The molecule has 1 fully saturated rings. The first-order valence-corrected chi connectivity index (χ1v) is 16.3. The minimum absolute atomic E-state index is 0.129. The predicted octanol–water partition coefficient (Wildman–Crippen LogP) is 3.94. The van der Waals surface area contributed by atoms with Gasteiger partial charge in [0.15, 0.2) is 5.78 Å². The molecule has 0 bridgehead atoms. The number of nitrogens with one attached hydrogen (secondary N) is 4. The van der Waals surface area contributed by atoms with Gasteiger partial charge in [0.25, 0.3) is 5.91 Å². The van der Waals surface area contributed by atoms with Crippen molar-refractivity contribution in [2.75, 3.05) is 39.3 Å². The van der Waals surface area contributed by atoms with Gasteiger partial charge in [0.2, 0.25) is 11.8 Å². The van der Waals surface area contributed by atoms with Gasteiger partial charge < -0.3 is 29.9 Å². The summed E-state index contributed by atoms with van der Waals surface area (Å²) in [6.45, 7) is 12.7. The van der Waals surface area contributed by atoms with E-state index in [-0.39, 0.29) is 47.6 Å². The second-order valence-corrected chi connectivity index (χ2v) is 16.2. The van der Waals surface area contributed by atoms with Gasteiger partial charge in [0.05, 0.1) is 19.7 Å². The van der Waals surface area contributed by atoms with Crippen LogP contribution in [0.3, 0.4) is 0 Å². The molecule has 1 aliphatic heterocycles. The SMILES string of the molecule is CC(C)C.COc1cccc2[nH]c(C(=O)NCC(=O)NC(CC3CCNC3=O)C(=O)COS(C)(C)C(C)(C)C)cc12. The molecule has 3 amide bonds. The number of carbonyl (C=O) groups excluding carboxylic acids is 4. The largest absolute Gasteiger partial charge is 0.496 e. The molecular formula is C30H48N4O6S. The van der Waals surface area contributed by atoms with Crippen LogP contribution in [0.15, 0.2) is 24.3 Å². The number of ether oxygens (including phenoxy) is 1. The number of methoxy groups -OCH3 is 1. The van der Waals surface area contributed by atoms with E-state index in [1.807, 2.05) is 24.6 Å². The van der Waals surface area contributed by atoms with Gasteiger partial charge in [-0.1, -0.05) is 47.6 Å². The maximum absolute atomic E-state index is 13.1. The standard InChI is InChI=1S/C26H38N4O6S.C4H10/c1-26(2,3)37(5,6)36-15-21(31)19(12-16-10-11-27-24(16)33)30-23(32)14-28-25(34)20-13-17-18(29-20)8-7-9-22(17)35-4;1-4(2)3/h7-9,13,16,19,29H,10-12,14-15H2,1-6H3,(H,27,33)(H,28,34)(H,30,32);4H,1-3H3. The van der Waals surface area contributed by atoms with Crippen LogP contribution in [-0.2, 0) is 18.6 Å². The Bertz CT molecular complexity index is 1210. The molecular weight excluding hydrogens is 544 g/mol. The number of ketones is 1. The van der Waals surface area contributed by atoms with Crippen molar-refractivity contribution in [3.63, 3.8) is 0 Å². The third-order valence-corrected chi connectivity index (χ3v) is 10.5. The molecule has 3 rings (SSSR count). The van der Waals surface area contributed by atoms with Crippen molar-refractivity contribution in [3.8, 4) is 5.75 Å². The molecule has 4 N–H and O–H groups in total. The van der Waals surface area contributed by atoms with Gasteiger partial charge in [-0.2, -0.15) is 0 Å². The monoisotopic (exact) mass is 592 g/mol. The summed E-state index contributed by atoms with van der Waals surface area (Å²) in [7, 11) is 0.00740. The third-order valence-electron chi connectivity index (χ3n) is 6.88. The summed E-state index contributed by atoms with van der Waals surface area (Å²) < 4.78 is 11.2. The van der Waals surface area contributed by atoms with E-state index in [1.165, 1.54) is 0 Å². The van der Waals surface area contributed by atoms with Crippen LogP contribution in [0.1, 0.15) is 64.9 Å². The van der Waals surface area contributed by atoms with E-state index in [0.29, 0.717) is 18.7 Å². The van der Waals surface area contributed by atoms with Crippen LogP contribution in [-0.4, -0.2) is 78.6 Å². The lowest BCUT2D eigenvalue weighted by molar-refractivity contribution is -0.129. The molecule has 0 saturated carbocycles. The molecule has 1 aromatic heterocycles. The van der Waals surface area contributed by atoms with Gasteiger partial charge in [-0.15, -0.1) is 10.3 Å². The summed E-state index contributed by atoms with van der Waals surface area (Å²) in [6, 6.07) is 6.18. The summed E-state index contributed by atoms with van der Waals surface area (Å²) in [5.41, 5.74) is 1.01. The summed E-state index contributed by atoms with van der Waals surface area (Å²) in [5, 5.41) is 8.80. The summed E-state index contributed by atoms with van der Waals surface area (Å²) >= 11 is 0. The molecule has 11 heteroatoms. The van der Waals surface area contributed by atoms with Crippen LogP contribution < -0.4 is 20.7 Å². The fraction of sp³-hybridized carbons (Fsp3) is 0.600. The number of amides is 3. The average molecular weight is 593 g/mol. The molecule has 2 atom stereocenters. The molecule has 0 radical (unpaired) electrons. The van der Waals surface area contributed by atoms with Crippen LogP contribution in [0, 0.1) is 11.8 Å². The molecule has 0 aliphatic carbocycles.